The maximum Gasteiger partial charge on any atom is 0.254 e. The van der Waals surface area contributed by atoms with Crippen molar-refractivity contribution < 1.29 is 1690 Å². The first-order valence-electron chi connectivity index (χ1n) is 30.9. The Bertz CT molecular complexity index is 3100. The molecular weight excluding hydrogens is 5550 g/mol. The van der Waals surface area contributed by atoms with Gasteiger partial charge in [0.2, 0.25) is 0 Å². The van der Waals surface area contributed by atoms with Crippen LogP contribution < -0.4 is 18.3 Å². The molecule has 0 unspecified atom stereocenters. The van der Waals surface area contributed by atoms with E-state index in [9.17, 15) is 0 Å². The molecule has 51 radical (unpaired) electrons. The molecule has 4 heterocycles. The molecule has 0 spiro atoms. The Morgan fingerprint density at radius 1 is 0.209 bits per heavy atom. The molecule has 4 aromatic carbocycles. The van der Waals surface area contributed by atoms with E-state index in [2.05, 4.69) is 226 Å². The van der Waals surface area contributed by atoms with E-state index >= 15 is 0 Å². The van der Waals surface area contributed by atoms with Crippen molar-refractivity contribution in [1.29, 1.82) is 0 Å². The van der Waals surface area contributed by atoms with E-state index in [4.69, 9.17) is 0 Å². The van der Waals surface area contributed by atoms with Crippen LogP contribution in [0.5, 0.6) is 0 Å². The molecule has 134 heavy (non-hydrogen) atoms. The maximum atomic E-state index is 2.42. The largest absolute Gasteiger partial charge is 0.358 e. The molecule has 0 saturated carbocycles. The number of aryl methyl sites for hydroxylation is 16. The Balaban J connectivity index is -0.00000000788. The van der Waals surface area contributed by atoms with Crippen LogP contribution in [0.4, 0.5) is 0 Å². The van der Waals surface area contributed by atoms with E-state index in [0.717, 1.165) is 26.2 Å². The molecule has 8 nitrogen and oxygen atoms in total. The standard InChI is InChI=1S/C15H23N2.3C13H19N2.8C2H6.5CH3.51Y/c1-8-17-13(6)16(7)14-11(4)9(2)10(3)12(5)15(14)17;1-6-15-11(4)14(5)12-7-9(2)10(3)8-13(12)15;1-6-15-11(4)14(5)13-10(3)9(2)7-8-12(13)15;1-6-15-11(4)14(5)12-8-7-9(2)10(3)13(12)15;8*1-2;;;;;;;;;;;;;;;;;;;;;;;;;;;;;;;;;;;;;;;;;;;;;;;;;;;;;;;;/h8H2,1-7H3;3*7-8H,6H2,1-5H3;8*1-2H3;5*1H3;;;;;;;;;;;;;;;;;;;;;;;;;;;;;;;;;;;;;;;;;;;;;;;;;;;/q4*+1;;;;;;;;;5*-1;;;;;;;;;;;;;;;;;;;;;;;;;;;;;;;;;;;;;;;;;;;;;;;;;;;. The summed E-state index contributed by atoms with van der Waals surface area (Å²) in [6.07, 6.45) is 0. The Labute approximate surface area is 2120 Å². The smallest absolute Gasteiger partial charge is 0.254 e. The number of rotatable bonds is 4. The van der Waals surface area contributed by atoms with Crippen molar-refractivity contribution in [3.63, 3.8) is 0 Å². The molecular formula is C75H143N8Y51-. The number of hydrogen-bond donors (Lipinski definition) is 0. The first-order valence-corrected chi connectivity index (χ1v) is 30.9. The van der Waals surface area contributed by atoms with E-state index in [1.165, 1.54) is 123 Å². The number of imidazole rings is 4. The Morgan fingerprint density at radius 2 is 0.418 bits per heavy atom. The molecule has 0 bridgehead atoms. The first kappa shape index (κ1) is 401. The Kier molecular flexibility index (Phi) is 809. The van der Waals surface area contributed by atoms with Gasteiger partial charge in [-0.05, 0) is 155 Å². The zero-order chi connectivity index (χ0) is 62.4. The van der Waals surface area contributed by atoms with Crippen LogP contribution >= 0.6 is 0 Å². The minimum atomic E-state index is 0. The van der Waals surface area contributed by atoms with Gasteiger partial charge in [-0.2, -0.15) is 0 Å². The predicted octanol–water partition coefficient (Wildman–Crippen LogP) is 20.6. The molecule has 0 N–H and O–H groups in total. The molecule has 0 aliphatic heterocycles. The molecule has 0 aliphatic carbocycles. The normalized spacial score (nSPS) is 5.60. The zero-order valence-corrected chi connectivity index (χ0v) is 238. The predicted molar refractivity (Wildman–Crippen MR) is 384 cm³/mol. The van der Waals surface area contributed by atoms with Gasteiger partial charge in [0.25, 0.3) is 23.3 Å². The number of benzene rings is 4. The average molecular weight is 5690 g/mol. The van der Waals surface area contributed by atoms with E-state index in [1.54, 1.807) is 0 Å². The summed E-state index contributed by atoms with van der Waals surface area (Å²) >= 11 is 0. The van der Waals surface area contributed by atoms with Crippen LogP contribution in [-0.4, -0.2) is 18.3 Å². The van der Waals surface area contributed by atoms with Gasteiger partial charge in [0.15, 0.2) is 44.1 Å². The summed E-state index contributed by atoms with van der Waals surface area (Å²) in [6.45, 7) is 75.8. The van der Waals surface area contributed by atoms with Gasteiger partial charge in [-0.3, -0.25) is 0 Å². The summed E-state index contributed by atoms with van der Waals surface area (Å²) in [6, 6.07) is 13.4. The third-order valence-electron chi connectivity index (χ3n) is 14.9. The average Bonchev–Trinajstić information content (AvgIpc) is 4.08. The second-order valence-corrected chi connectivity index (χ2v) is 17.8. The van der Waals surface area contributed by atoms with Crippen LogP contribution in [0, 0.1) is 134 Å². The summed E-state index contributed by atoms with van der Waals surface area (Å²) in [7, 11) is 8.60. The molecule has 637 valence electrons. The summed E-state index contributed by atoms with van der Waals surface area (Å²) < 4.78 is 18.7. The van der Waals surface area contributed by atoms with Crippen LogP contribution in [0.2, 0.25) is 0 Å². The number of nitrogens with zero attached hydrogens (tertiary/aromatic N) is 8. The summed E-state index contributed by atoms with van der Waals surface area (Å²) in [4.78, 5) is 0. The molecule has 0 atom stereocenters. The fourth-order valence-corrected chi connectivity index (χ4v) is 9.75. The van der Waals surface area contributed by atoms with Crippen molar-refractivity contribution in [3.05, 3.63) is 152 Å². The van der Waals surface area contributed by atoms with Gasteiger partial charge in [-0.1, -0.05) is 123 Å². The summed E-state index contributed by atoms with van der Waals surface area (Å²) in [5.74, 6) is 5.29. The molecule has 0 fully saturated rings. The number of hydrogen-bond acceptors (Lipinski definition) is 0. The minimum absolute atomic E-state index is 0. The molecule has 0 aliphatic rings. The molecule has 8 aromatic rings. The molecule has 4 aromatic heterocycles. The van der Waals surface area contributed by atoms with Crippen molar-refractivity contribution in [3.8, 4) is 0 Å². The van der Waals surface area contributed by atoms with Gasteiger partial charge in [-0.25, -0.2) is 36.5 Å². The number of fused-ring (bicyclic) bond motifs is 4. The van der Waals surface area contributed by atoms with Gasteiger partial charge < -0.3 is 37.1 Å². The van der Waals surface area contributed by atoms with Crippen LogP contribution in [0.15, 0.2) is 36.4 Å². The molecule has 0 saturated heterocycles. The van der Waals surface area contributed by atoms with Crippen LogP contribution in [0.1, 0.15) is 217 Å². The Hall–Kier alpha value is 51.1. The maximum absolute atomic E-state index is 2.42. The van der Waals surface area contributed by atoms with Crippen molar-refractivity contribution in [2.45, 2.75) is 262 Å². The monoisotopic (exact) mass is 5690 g/mol. The second kappa shape index (κ2) is 270. The van der Waals surface area contributed by atoms with E-state index in [0.29, 0.717) is 0 Å². The summed E-state index contributed by atoms with van der Waals surface area (Å²) in [5, 5.41) is 0. The number of aromatic nitrogens is 8. The van der Waals surface area contributed by atoms with E-state index in [1.807, 2.05) is 111 Å². The quantitative estimate of drug-likeness (QED) is 0.124. The molecule has 8 rings (SSSR count). The zero-order valence-electron chi connectivity index (χ0n) is 93.3. The van der Waals surface area contributed by atoms with Gasteiger partial charge in [0.05, 0.1) is 54.4 Å². The van der Waals surface area contributed by atoms with Crippen LogP contribution in [-0.2, 0) is 1720 Å². The van der Waals surface area contributed by atoms with Crippen LogP contribution in [0.3, 0.4) is 0 Å². The van der Waals surface area contributed by atoms with E-state index < -0.39 is 0 Å². The van der Waals surface area contributed by atoms with Crippen molar-refractivity contribution >= 4 is 44.1 Å². The fourth-order valence-electron chi connectivity index (χ4n) is 9.75. The topological polar surface area (TPSA) is 35.2 Å². The van der Waals surface area contributed by atoms with Gasteiger partial charge in [0, 0.05) is 1720 Å². The third-order valence-corrected chi connectivity index (χ3v) is 14.9. The molecule has 0 amide bonds. The van der Waals surface area contributed by atoms with E-state index in [-0.39, 0.29) is 1710 Å². The fraction of sp³-hybridized carbons (Fsp3) is 0.560. The third kappa shape index (κ3) is 156. The van der Waals surface area contributed by atoms with Crippen LogP contribution in [0.25, 0.3) is 44.1 Å². The summed E-state index contributed by atoms with van der Waals surface area (Å²) in [5.41, 5.74) is 24.9. The first-order chi connectivity index (χ1) is 37.1. The molecule has 59 heteroatoms. The second-order valence-electron chi connectivity index (χ2n) is 17.8. The Morgan fingerprint density at radius 3 is 0.672 bits per heavy atom. The van der Waals surface area contributed by atoms with Crippen molar-refractivity contribution in [2.24, 2.45) is 28.2 Å². The SMILES string of the molecule is CC.CC.CC.CC.CC.CC.CC.CC.CC[n+]1c(C)n(C)c2ccc(C)c(C)c21.CCn1c(C)[n+](C)c2c(C)c(C)c(C)c(C)c21.CCn1c(C)[n+](C)c2c(C)c(C)ccc21.CCn1c(C)[n+](C)c2cc(C)c(C)cc21.[CH3-].[CH3-].[CH3-].[CH3-].[CH3-].[Y].[Y].[Y].[Y].[Y].[Y].[Y].[Y].[Y].[Y].[Y].[Y].[Y].[Y].[Y].[Y].[Y].[Y].[Y].[Y].[Y].[Y].[Y].[Y].[Y].[Y].[Y].[Y].[Y].[Y].[Y].[Y].[Y].[Y].[Y].[Y].[Y].[Y].[Y].[Y].[Y].[Y].[Y].[Y].[Y].[Y].[Y].[Y].[Y].[Y].[Y]. The van der Waals surface area contributed by atoms with Gasteiger partial charge >= 0.3 is 0 Å². The minimum Gasteiger partial charge on any atom is -0.358 e. The van der Waals surface area contributed by atoms with Crippen molar-refractivity contribution in [1.82, 2.24) is 18.3 Å². The van der Waals surface area contributed by atoms with Gasteiger partial charge in [0.1, 0.15) is 0 Å². The van der Waals surface area contributed by atoms with Crippen molar-refractivity contribution in [2.75, 3.05) is 0 Å². The van der Waals surface area contributed by atoms with Gasteiger partial charge in [-0.15, -0.1) is 0 Å².